The summed E-state index contributed by atoms with van der Waals surface area (Å²) < 4.78 is 1.91. The van der Waals surface area contributed by atoms with Gasteiger partial charge in [-0.25, -0.2) is 4.98 Å². The smallest absolute Gasteiger partial charge is 0.203 e. The molecule has 0 unspecified atom stereocenters. The first-order valence-corrected chi connectivity index (χ1v) is 6.46. The third-order valence-corrected chi connectivity index (χ3v) is 3.22. The van der Waals surface area contributed by atoms with E-state index in [4.69, 9.17) is 5.73 Å². The predicted octanol–water partition coefficient (Wildman–Crippen LogP) is 1.50. The van der Waals surface area contributed by atoms with Crippen molar-refractivity contribution >= 4 is 11.5 Å². The molecule has 0 atom stereocenters. The first-order valence-electron chi connectivity index (χ1n) is 6.46. The number of nitrogens with one attached hydrogen (secondary N) is 1. The van der Waals surface area contributed by atoms with Gasteiger partial charge < -0.3 is 11.1 Å². The van der Waals surface area contributed by atoms with Gasteiger partial charge in [-0.15, -0.1) is 10.2 Å². The van der Waals surface area contributed by atoms with Crippen molar-refractivity contribution in [2.45, 2.75) is 20.0 Å². The number of fused-ring (bicyclic) bond motifs is 1. The molecule has 0 aliphatic heterocycles. The molecule has 0 radical (unpaired) electrons. The number of rotatable bonds is 4. The Kier molecular flexibility index (Phi) is 3.30. The number of hydrogen-bond acceptors (Lipinski definition) is 5. The molecule has 0 saturated heterocycles. The minimum Gasteiger partial charge on any atom is -0.363 e. The molecule has 0 amide bonds. The standard InChI is InChI=1S/C14H16N6/c1-10-18-19-14-13(16-6-7-20(10)14)17-9-12-4-2-11(8-15)3-5-12/h2-7H,8-9,15H2,1H3,(H,16,17). The van der Waals surface area contributed by atoms with Gasteiger partial charge >= 0.3 is 0 Å². The third-order valence-electron chi connectivity index (χ3n) is 3.22. The zero-order valence-electron chi connectivity index (χ0n) is 11.2. The van der Waals surface area contributed by atoms with E-state index in [1.54, 1.807) is 6.20 Å². The molecule has 0 bridgehead atoms. The van der Waals surface area contributed by atoms with Gasteiger partial charge in [0, 0.05) is 25.5 Å². The zero-order valence-corrected chi connectivity index (χ0v) is 11.2. The molecule has 2 aromatic heterocycles. The van der Waals surface area contributed by atoms with E-state index in [9.17, 15) is 0 Å². The Morgan fingerprint density at radius 3 is 2.65 bits per heavy atom. The van der Waals surface area contributed by atoms with Gasteiger partial charge in [-0.2, -0.15) is 0 Å². The molecule has 0 saturated carbocycles. The minimum absolute atomic E-state index is 0.563. The van der Waals surface area contributed by atoms with Gasteiger partial charge in [0.05, 0.1) is 0 Å². The van der Waals surface area contributed by atoms with Gasteiger partial charge in [-0.1, -0.05) is 24.3 Å². The molecular weight excluding hydrogens is 252 g/mol. The van der Waals surface area contributed by atoms with Crippen LogP contribution in [0.3, 0.4) is 0 Å². The van der Waals surface area contributed by atoms with E-state index in [-0.39, 0.29) is 0 Å². The highest BCUT2D eigenvalue weighted by molar-refractivity contribution is 5.62. The van der Waals surface area contributed by atoms with E-state index >= 15 is 0 Å². The summed E-state index contributed by atoms with van der Waals surface area (Å²) >= 11 is 0. The molecule has 102 valence electrons. The molecular formula is C14H16N6. The number of nitrogens with two attached hydrogens (primary N) is 1. The second kappa shape index (κ2) is 5.26. The Morgan fingerprint density at radius 2 is 1.90 bits per heavy atom. The second-order valence-electron chi connectivity index (χ2n) is 4.59. The lowest BCUT2D eigenvalue weighted by Gasteiger charge is -2.07. The number of hydrogen-bond donors (Lipinski definition) is 2. The molecule has 3 aromatic rings. The molecule has 1 aromatic carbocycles. The Bertz CT molecular complexity index is 716. The second-order valence-corrected chi connectivity index (χ2v) is 4.59. The van der Waals surface area contributed by atoms with Crippen LogP contribution in [0.2, 0.25) is 0 Å². The first-order chi connectivity index (χ1) is 9.78. The van der Waals surface area contributed by atoms with Crippen molar-refractivity contribution in [1.29, 1.82) is 0 Å². The fourth-order valence-corrected chi connectivity index (χ4v) is 2.05. The van der Waals surface area contributed by atoms with Crippen molar-refractivity contribution in [2.75, 3.05) is 5.32 Å². The summed E-state index contributed by atoms with van der Waals surface area (Å²) in [5.41, 5.74) is 8.62. The largest absolute Gasteiger partial charge is 0.363 e. The molecule has 3 rings (SSSR count). The summed E-state index contributed by atoms with van der Waals surface area (Å²) in [5, 5.41) is 11.5. The van der Waals surface area contributed by atoms with Crippen LogP contribution in [0.15, 0.2) is 36.7 Å². The highest BCUT2D eigenvalue weighted by Gasteiger charge is 2.07. The summed E-state index contributed by atoms with van der Waals surface area (Å²) in [5.74, 6) is 1.58. The number of aromatic nitrogens is 4. The van der Waals surface area contributed by atoms with Gasteiger partial charge in [0.15, 0.2) is 5.82 Å². The quantitative estimate of drug-likeness (QED) is 0.749. The van der Waals surface area contributed by atoms with E-state index in [1.165, 1.54) is 5.56 Å². The van der Waals surface area contributed by atoms with Gasteiger partial charge in [0.1, 0.15) is 5.82 Å². The summed E-state index contributed by atoms with van der Waals surface area (Å²) in [6.45, 7) is 3.16. The molecule has 3 N–H and O–H groups in total. The summed E-state index contributed by atoms with van der Waals surface area (Å²) in [6.07, 6.45) is 3.59. The van der Waals surface area contributed by atoms with Crippen LogP contribution in [0.25, 0.3) is 5.65 Å². The monoisotopic (exact) mass is 268 g/mol. The molecule has 6 nitrogen and oxygen atoms in total. The Labute approximate surface area is 116 Å². The summed E-state index contributed by atoms with van der Waals surface area (Å²) in [7, 11) is 0. The lowest BCUT2D eigenvalue weighted by Crippen LogP contribution is -2.04. The SMILES string of the molecule is Cc1nnc2c(NCc3ccc(CN)cc3)nccn12. The Morgan fingerprint density at radius 1 is 1.15 bits per heavy atom. The molecule has 6 heteroatoms. The maximum absolute atomic E-state index is 5.59. The molecule has 20 heavy (non-hydrogen) atoms. The van der Waals surface area contributed by atoms with Crippen molar-refractivity contribution in [3.05, 3.63) is 53.6 Å². The molecule has 0 aliphatic carbocycles. The number of nitrogens with zero attached hydrogens (tertiary/aromatic N) is 4. The maximum atomic E-state index is 5.59. The zero-order chi connectivity index (χ0) is 13.9. The summed E-state index contributed by atoms with van der Waals surface area (Å²) in [4.78, 5) is 4.31. The average Bonchev–Trinajstić information content (AvgIpc) is 2.88. The normalized spacial score (nSPS) is 10.9. The highest BCUT2D eigenvalue weighted by atomic mass is 15.3. The highest BCUT2D eigenvalue weighted by Crippen LogP contribution is 2.13. The van der Waals surface area contributed by atoms with Crippen LogP contribution in [0, 0.1) is 6.92 Å². The number of anilines is 1. The first kappa shape index (κ1) is 12.6. The lowest BCUT2D eigenvalue weighted by atomic mass is 10.1. The Balaban J connectivity index is 1.79. The van der Waals surface area contributed by atoms with Crippen LogP contribution in [-0.4, -0.2) is 19.6 Å². The van der Waals surface area contributed by atoms with Gasteiger partial charge in [0.25, 0.3) is 0 Å². The van der Waals surface area contributed by atoms with Crippen LogP contribution >= 0.6 is 0 Å². The van der Waals surface area contributed by atoms with Crippen molar-refractivity contribution < 1.29 is 0 Å². The number of aryl methyl sites for hydroxylation is 1. The Hall–Kier alpha value is -2.47. The van der Waals surface area contributed by atoms with Crippen molar-refractivity contribution in [3.8, 4) is 0 Å². The van der Waals surface area contributed by atoms with Gasteiger partial charge in [-0.3, -0.25) is 4.40 Å². The van der Waals surface area contributed by atoms with E-state index in [0.717, 1.165) is 22.9 Å². The van der Waals surface area contributed by atoms with Crippen molar-refractivity contribution in [1.82, 2.24) is 19.6 Å². The van der Waals surface area contributed by atoms with Crippen LogP contribution in [0.5, 0.6) is 0 Å². The number of benzene rings is 1. The van der Waals surface area contributed by atoms with E-state index in [1.807, 2.05) is 29.7 Å². The topological polar surface area (TPSA) is 81.1 Å². The maximum Gasteiger partial charge on any atom is 0.203 e. The predicted molar refractivity (Wildman–Crippen MR) is 77.2 cm³/mol. The van der Waals surface area contributed by atoms with Crippen LogP contribution < -0.4 is 11.1 Å². The molecule has 0 spiro atoms. The molecule has 0 fully saturated rings. The molecule has 0 aliphatic rings. The van der Waals surface area contributed by atoms with E-state index in [0.29, 0.717) is 13.1 Å². The van der Waals surface area contributed by atoms with Crippen LogP contribution in [-0.2, 0) is 13.1 Å². The minimum atomic E-state index is 0.563. The van der Waals surface area contributed by atoms with Crippen LogP contribution in [0.1, 0.15) is 17.0 Å². The van der Waals surface area contributed by atoms with Gasteiger partial charge in [0.2, 0.25) is 5.65 Å². The van der Waals surface area contributed by atoms with E-state index in [2.05, 4.69) is 32.6 Å². The fourth-order valence-electron chi connectivity index (χ4n) is 2.05. The lowest BCUT2D eigenvalue weighted by molar-refractivity contribution is 0.999. The molecule has 2 heterocycles. The third kappa shape index (κ3) is 2.33. The van der Waals surface area contributed by atoms with E-state index < -0.39 is 0 Å². The van der Waals surface area contributed by atoms with Crippen molar-refractivity contribution in [3.63, 3.8) is 0 Å². The van der Waals surface area contributed by atoms with Crippen LogP contribution in [0.4, 0.5) is 5.82 Å². The summed E-state index contributed by atoms with van der Waals surface area (Å²) in [6, 6.07) is 8.19. The average molecular weight is 268 g/mol. The van der Waals surface area contributed by atoms with Gasteiger partial charge in [-0.05, 0) is 18.1 Å². The van der Waals surface area contributed by atoms with Crippen molar-refractivity contribution in [2.24, 2.45) is 5.73 Å². The fraction of sp³-hybridized carbons (Fsp3) is 0.214.